The largest absolute Gasteiger partial charge is 0.490 e. The molecule has 0 atom stereocenters. The molecule has 0 heterocycles. The first kappa shape index (κ1) is 15.6. The molecule has 1 aromatic rings. The van der Waals surface area contributed by atoms with Crippen molar-refractivity contribution in [2.75, 3.05) is 32.7 Å². The number of rotatable bonds is 7. The molecule has 0 aliphatic heterocycles. The normalized spacial score (nSPS) is 10.1. The van der Waals surface area contributed by atoms with Gasteiger partial charge in [0.15, 0.2) is 11.5 Å². The van der Waals surface area contributed by atoms with Crippen LogP contribution in [0.25, 0.3) is 0 Å². The summed E-state index contributed by atoms with van der Waals surface area (Å²) in [6.07, 6.45) is 0. The van der Waals surface area contributed by atoms with Gasteiger partial charge in [-0.25, -0.2) is 0 Å². The average molecular weight is 286 g/mol. The van der Waals surface area contributed by atoms with Crippen molar-refractivity contribution in [3.63, 3.8) is 0 Å². The van der Waals surface area contributed by atoms with Crippen LogP contribution in [0.15, 0.2) is 18.2 Å². The van der Waals surface area contributed by atoms with Gasteiger partial charge >= 0.3 is 0 Å². The van der Waals surface area contributed by atoms with Crippen LogP contribution in [-0.4, -0.2) is 43.5 Å². The van der Waals surface area contributed by atoms with E-state index in [1.54, 1.807) is 30.1 Å². The first-order valence-electron chi connectivity index (χ1n) is 6.35. The van der Waals surface area contributed by atoms with Gasteiger partial charge in [0.05, 0.1) is 13.2 Å². The van der Waals surface area contributed by atoms with Gasteiger partial charge in [0.25, 0.3) is 5.91 Å². The lowest BCUT2D eigenvalue weighted by molar-refractivity contribution is 0.0802. The van der Waals surface area contributed by atoms with Crippen LogP contribution in [0.3, 0.4) is 0 Å². The van der Waals surface area contributed by atoms with Crippen LogP contribution in [0.5, 0.6) is 11.5 Å². The molecule has 0 spiro atoms. The topological polar surface area (TPSA) is 38.8 Å². The molecule has 106 valence electrons. The fraction of sp³-hybridized carbons (Fsp3) is 0.500. The van der Waals surface area contributed by atoms with Gasteiger partial charge < -0.3 is 14.4 Å². The molecular formula is C14H20ClNO3. The van der Waals surface area contributed by atoms with Gasteiger partial charge in [0.1, 0.15) is 0 Å². The van der Waals surface area contributed by atoms with Crippen LogP contribution in [0.4, 0.5) is 0 Å². The van der Waals surface area contributed by atoms with E-state index in [1.807, 2.05) is 13.8 Å². The molecule has 0 saturated heterocycles. The van der Waals surface area contributed by atoms with E-state index < -0.39 is 0 Å². The monoisotopic (exact) mass is 285 g/mol. The van der Waals surface area contributed by atoms with Gasteiger partial charge in [-0.05, 0) is 32.0 Å². The fourth-order valence-electron chi connectivity index (χ4n) is 1.63. The van der Waals surface area contributed by atoms with Crippen LogP contribution < -0.4 is 9.47 Å². The molecule has 19 heavy (non-hydrogen) atoms. The van der Waals surface area contributed by atoms with Crippen molar-refractivity contribution in [2.45, 2.75) is 13.8 Å². The van der Waals surface area contributed by atoms with Gasteiger partial charge in [-0.15, -0.1) is 11.6 Å². The third kappa shape index (κ3) is 4.31. The summed E-state index contributed by atoms with van der Waals surface area (Å²) >= 11 is 5.64. The van der Waals surface area contributed by atoms with Crippen LogP contribution >= 0.6 is 11.6 Å². The number of ether oxygens (including phenoxy) is 2. The molecule has 0 unspecified atom stereocenters. The van der Waals surface area contributed by atoms with Crippen molar-refractivity contribution < 1.29 is 14.3 Å². The molecule has 0 radical (unpaired) electrons. The summed E-state index contributed by atoms with van der Waals surface area (Å²) in [6.45, 7) is 5.39. The lowest BCUT2D eigenvalue weighted by Crippen LogP contribution is -2.28. The van der Waals surface area contributed by atoms with E-state index in [0.717, 1.165) is 0 Å². The van der Waals surface area contributed by atoms with E-state index in [9.17, 15) is 4.79 Å². The van der Waals surface area contributed by atoms with Crippen molar-refractivity contribution in [1.29, 1.82) is 0 Å². The Balaban J connectivity index is 2.96. The highest BCUT2D eigenvalue weighted by Gasteiger charge is 2.14. The fourth-order valence-corrected chi connectivity index (χ4v) is 1.89. The number of halogens is 1. The minimum atomic E-state index is -0.0790. The minimum Gasteiger partial charge on any atom is -0.490 e. The first-order valence-corrected chi connectivity index (χ1v) is 6.88. The van der Waals surface area contributed by atoms with Crippen molar-refractivity contribution in [3.8, 4) is 11.5 Å². The standard InChI is InChI=1S/C14H20ClNO3/c1-4-18-12-7-6-11(10-13(12)19-5-2)14(17)16(3)9-8-15/h6-7,10H,4-5,8-9H2,1-3H3. The Labute approximate surface area is 119 Å². The van der Waals surface area contributed by atoms with Gasteiger partial charge in [-0.1, -0.05) is 0 Å². The summed E-state index contributed by atoms with van der Waals surface area (Å²) < 4.78 is 11.0. The Morgan fingerprint density at radius 1 is 1.21 bits per heavy atom. The van der Waals surface area contributed by atoms with Gasteiger partial charge in [-0.2, -0.15) is 0 Å². The van der Waals surface area contributed by atoms with Gasteiger partial charge in [0.2, 0.25) is 0 Å². The van der Waals surface area contributed by atoms with Crippen molar-refractivity contribution in [3.05, 3.63) is 23.8 Å². The number of alkyl halides is 1. The number of amides is 1. The zero-order chi connectivity index (χ0) is 14.3. The molecule has 5 heteroatoms. The lowest BCUT2D eigenvalue weighted by atomic mass is 10.1. The van der Waals surface area contributed by atoms with Crippen LogP contribution in [-0.2, 0) is 0 Å². The van der Waals surface area contributed by atoms with Gasteiger partial charge in [0, 0.05) is 25.0 Å². The number of nitrogens with zero attached hydrogens (tertiary/aromatic N) is 1. The highest BCUT2D eigenvalue weighted by molar-refractivity contribution is 6.18. The summed E-state index contributed by atoms with van der Waals surface area (Å²) in [5.41, 5.74) is 0.569. The second kappa shape index (κ2) is 7.89. The van der Waals surface area contributed by atoms with E-state index >= 15 is 0 Å². The van der Waals surface area contributed by atoms with Crippen LogP contribution in [0, 0.1) is 0 Å². The van der Waals surface area contributed by atoms with Crippen LogP contribution in [0.1, 0.15) is 24.2 Å². The molecule has 4 nitrogen and oxygen atoms in total. The molecule has 0 fully saturated rings. The van der Waals surface area contributed by atoms with E-state index in [4.69, 9.17) is 21.1 Å². The Kier molecular flexibility index (Phi) is 6.50. The minimum absolute atomic E-state index is 0.0790. The molecule has 0 aromatic heterocycles. The number of carbonyl (C=O) groups excluding carboxylic acids is 1. The third-order valence-corrected chi connectivity index (χ3v) is 2.73. The molecule has 1 amide bonds. The maximum atomic E-state index is 12.1. The molecule has 0 N–H and O–H groups in total. The third-order valence-electron chi connectivity index (χ3n) is 2.56. The molecule has 0 saturated carbocycles. The first-order chi connectivity index (χ1) is 9.13. The van der Waals surface area contributed by atoms with Gasteiger partial charge in [-0.3, -0.25) is 4.79 Å². The molecule has 1 rings (SSSR count). The molecular weight excluding hydrogens is 266 g/mol. The smallest absolute Gasteiger partial charge is 0.253 e. The zero-order valence-electron chi connectivity index (χ0n) is 11.6. The summed E-state index contributed by atoms with van der Waals surface area (Å²) in [4.78, 5) is 13.7. The molecule has 0 bridgehead atoms. The summed E-state index contributed by atoms with van der Waals surface area (Å²) in [6, 6.07) is 5.21. The number of carbonyl (C=O) groups is 1. The SMILES string of the molecule is CCOc1ccc(C(=O)N(C)CCCl)cc1OCC. The zero-order valence-corrected chi connectivity index (χ0v) is 12.4. The summed E-state index contributed by atoms with van der Waals surface area (Å²) in [5.74, 6) is 1.58. The number of hydrogen-bond donors (Lipinski definition) is 0. The highest BCUT2D eigenvalue weighted by Crippen LogP contribution is 2.28. The van der Waals surface area contributed by atoms with Crippen molar-refractivity contribution in [1.82, 2.24) is 4.90 Å². The highest BCUT2D eigenvalue weighted by atomic mass is 35.5. The maximum Gasteiger partial charge on any atom is 0.253 e. The summed E-state index contributed by atoms with van der Waals surface area (Å²) in [5, 5.41) is 0. The van der Waals surface area contributed by atoms with Crippen molar-refractivity contribution >= 4 is 17.5 Å². The van der Waals surface area contributed by atoms with Crippen LogP contribution in [0.2, 0.25) is 0 Å². The Morgan fingerprint density at radius 2 is 1.84 bits per heavy atom. The Morgan fingerprint density at radius 3 is 2.42 bits per heavy atom. The van der Waals surface area contributed by atoms with E-state index in [-0.39, 0.29) is 5.91 Å². The lowest BCUT2D eigenvalue weighted by Gasteiger charge is -2.17. The predicted octanol–water partition coefficient (Wildman–Crippen LogP) is 2.79. The van der Waals surface area contributed by atoms with E-state index in [2.05, 4.69) is 0 Å². The Bertz CT molecular complexity index is 423. The van der Waals surface area contributed by atoms with Crippen molar-refractivity contribution in [2.24, 2.45) is 0 Å². The molecule has 0 aliphatic carbocycles. The second-order valence-electron chi connectivity index (χ2n) is 3.94. The average Bonchev–Trinajstić information content (AvgIpc) is 2.40. The van der Waals surface area contributed by atoms with E-state index in [0.29, 0.717) is 42.7 Å². The molecule has 0 aliphatic rings. The molecule has 1 aromatic carbocycles. The summed E-state index contributed by atoms with van der Waals surface area (Å²) in [7, 11) is 1.72. The second-order valence-corrected chi connectivity index (χ2v) is 4.32. The van der Waals surface area contributed by atoms with E-state index in [1.165, 1.54) is 0 Å². The predicted molar refractivity (Wildman–Crippen MR) is 76.5 cm³/mol. The number of hydrogen-bond acceptors (Lipinski definition) is 3. The number of benzene rings is 1. The maximum absolute atomic E-state index is 12.1. The Hall–Kier alpha value is -1.42. The quantitative estimate of drug-likeness (QED) is 0.723.